The van der Waals surface area contributed by atoms with Gasteiger partial charge in [-0.15, -0.1) is 0 Å². The molecule has 2 saturated heterocycles. The molecule has 2 aliphatic rings. The minimum absolute atomic E-state index is 0.0217. The lowest BCUT2D eigenvalue weighted by atomic mass is 10.1. The number of amides is 1. The van der Waals surface area contributed by atoms with Crippen molar-refractivity contribution in [3.63, 3.8) is 0 Å². The number of hydrogen-bond donors (Lipinski definition) is 2. The van der Waals surface area contributed by atoms with E-state index in [0.29, 0.717) is 6.04 Å². The van der Waals surface area contributed by atoms with Crippen LogP contribution in [0.25, 0.3) is 0 Å². The van der Waals surface area contributed by atoms with Crippen LogP contribution in [-0.2, 0) is 4.79 Å². The molecule has 0 aliphatic carbocycles. The molecule has 2 aliphatic heterocycles. The monoisotopic (exact) mass is 240 g/mol. The average molecular weight is 240 g/mol. The quantitative estimate of drug-likeness (QED) is 0.671. The van der Waals surface area contributed by atoms with Gasteiger partial charge in [0.25, 0.3) is 0 Å². The van der Waals surface area contributed by atoms with Gasteiger partial charge < -0.3 is 20.4 Å². The maximum atomic E-state index is 12.4. The molecule has 2 fully saturated rings. The van der Waals surface area contributed by atoms with Gasteiger partial charge in [0.05, 0.1) is 6.04 Å². The third kappa shape index (κ3) is 3.18. The van der Waals surface area contributed by atoms with Gasteiger partial charge in [-0.2, -0.15) is 0 Å². The average Bonchev–Trinajstić information content (AvgIpc) is 2.76. The number of nitrogens with one attached hydrogen (secondary N) is 2. The summed E-state index contributed by atoms with van der Waals surface area (Å²) in [6.07, 6.45) is 2.29. The third-order valence-electron chi connectivity index (χ3n) is 3.58. The fourth-order valence-electron chi connectivity index (χ4n) is 2.77. The van der Waals surface area contributed by atoms with Gasteiger partial charge in [0.15, 0.2) is 0 Å². The van der Waals surface area contributed by atoms with Gasteiger partial charge in [0.2, 0.25) is 5.91 Å². The minimum Gasteiger partial charge on any atom is -0.337 e. The zero-order valence-electron chi connectivity index (χ0n) is 10.9. The molecule has 0 aromatic heterocycles. The molecule has 2 rings (SSSR count). The number of nitrogens with zero attached hydrogens (tertiary/aromatic N) is 2. The predicted molar refractivity (Wildman–Crippen MR) is 67.9 cm³/mol. The molecule has 17 heavy (non-hydrogen) atoms. The van der Waals surface area contributed by atoms with Gasteiger partial charge in [-0.1, -0.05) is 0 Å². The standard InChI is InChI=1S/C12H24N4O/c1-15(2)9-10-4-3-7-16(10)12(17)11-8-13-5-6-14-11/h10-11,13-14H,3-9H2,1-2H3. The summed E-state index contributed by atoms with van der Waals surface area (Å²) in [5.41, 5.74) is 0. The van der Waals surface area contributed by atoms with Crippen LogP contribution in [0.5, 0.6) is 0 Å². The molecule has 0 bridgehead atoms. The van der Waals surface area contributed by atoms with E-state index in [2.05, 4.69) is 34.5 Å². The Hall–Kier alpha value is -0.650. The zero-order valence-corrected chi connectivity index (χ0v) is 10.9. The Morgan fingerprint density at radius 3 is 2.88 bits per heavy atom. The normalized spacial score (nSPS) is 29.9. The van der Waals surface area contributed by atoms with E-state index in [0.717, 1.165) is 45.6 Å². The Labute approximate surface area is 104 Å². The number of likely N-dealkylation sites (N-methyl/N-ethyl adjacent to an activating group) is 1. The van der Waals surface area contributed by atoms with E-state index in [1.807, 2.05) is 0 Å². The molecular weight excluding hydrogens is 216 g/mol. The highest BCUT2D eigenvalue weighted by Crippen LogP contribution is 2.18. The van der Waals surface area contributed by atoms with Crippen LogP contribution in [0.1, 0.15) is 12.8 Å². The summed E-state index contributed by atoms with van der Waals surface area (Å²) in [6.45, 7) is 4.53. The Morgan fingerprint density at radius 1 is 1.41 bits per heavy atom. The Morgan fingerprint density at radius 2 is 2.24 bits per heavy atom. The Kier molecular flexibility index (Phi) is 4.36. The molecule has 0 aromatic rings. The fourth-order valence-corrected chi connectivity index (χ4v) is 2.77. The van der Waals surface area contributed by atoms with Gasteiger partial charge >= 0.3 is 0 Å². The van der Waals surface area contributed by atoms with E-state index < -0.39 is 0 Å². The highest BCUT2D eigenvalue weighted by atomic mass is 16.2. The van der Waals surface area contributed by atoms with E-state index in [9.17, 15) is 4.79 Å². The highest BCUT2D eigenvalue weighted by Gasteiger charge is 2.33. The summed E-state index contributed by atoms with van der Waals surface area (Å²) in [7, 11) is 4.14. The first-order valence-electron chi connectivity index (χ1n) is 6.58. The van der Waals surface area contributed by atoms with Crippen molar-refractivity contribution in [3.8, 4) is 0 Å². The molecule has 5 heteroatoms. The number of hydrogen-bond acceptors (Lipinski definition) is 4. The van der Waals surface area contributed by atoms with Gasteiger partial charge in [-0.05, 0) is 26.9 Å². The number of carbonyl (C=O) groups excluding carboxylic acids is 1. The topological polar surface area (TPSA) is 47.6 Å². The van der Waals surface area contributed by atoms with Crippen molar-refractivity contribution in [2.45, 2.75) is 24.9 Å². The number of likely N-dealkylation sites (tertiary alicyclic amines) is 1. The van der Waals surface area contributed by atoms with Gasteiger partial charge in [0, 0.05) is 38.8 Å². The van der Waals surface area contributed by atoms with Crippen LogP contribution in [0.4, 0.5) is 0 Å². The molecule has 2 N–H and O–H groups in total. The van der Waals surface area contributed by atoms with Crippen LogP contribution in [0.2, 0.25) is 0 Å². The first-order valence-corrected chi connectivity index (χ1v) is 6.58. The lowest BCUT2D eigenvalue weighted by Crippen LogP contribution is -2.58. The summed E-state index contributed by atoms with van der Waals surface area (Å²) in [5, 5.41) is 6.58. The van der Waals surface area contributed by atoms with Crippen LogP contribution in [-0.4, -0.2) is 74.6 Å². The molecule has 0 saturated carbocycles. The van der Waals surface area contributed by atoms with Crippen molar-refractivity contribution in [2.24, 2.45) is 0 Å². The summed E-state index contributed by atoms with van der Waals surface area (Å²) in [4.78, 5) is 16.6. The second kappa shape index (κ2) is 5.80. The third-order valence-corrected chi connectivity index (χ3v) is 3.58. The molecule has 2 atom stereocenters. The predicted octanol–water partition coefficient (Wildman–Crippen LogP) is -0.900. The fraction of sp³-hybridized carbons (Fsp3) is 0.917. The van der Waals surface area contributed by atoms with Crippen molar-refractivity contribution in [1.29, 1.82) is 0 Å². The molecule has 5 nitrogen and oxygen atoms in total. The van der Waals surface area contributed by atoms with Crippen LogP contribution in [0.3, 0.4) is 0 Å². The molecule has 1 amide bonds. The number of carbonyl (C=O) groups is 1. The summed E-state index contributed by atoms with van der Waals surface area (Å²) in [5.74, 6) is 0.279. The summed E-state index contributed by atoms with van der Waals surface area (Å²) in [6, 6.07) is 0.382. The molecule has 98 valence electrons. The van der Waals surface area contributed by atoms with E-state index in [4.69, 9.17) is 0 Å². The minimum atomic E-state index is -0.0217. The van der Waals surface area contributed by atoms with Gasteiger partial charge in [-0.25, -0.2) is 0 Å². The summed E-state index contributed by atoms with van der Waals surface area (Å²) >= 11 is 0. The second-order valence-electron chi connectivity index (χ2n) is 5.30. The largest absolute Gasteiger partial charge is 0.337 e. The molecule has 0 spiro atoms. The molecule has 0 aromatic carbocycles. The smallest absolute Gasteiger partial charge is 0.241 e. The molecule has 2 unspecified atom stereocenters. The zero-order chi connectivity index (χ0) is 12.3. The summed E-state index contributed by atoms with van der Waals surface area (Å²) < 4.78 is 0. The maximum Gasteiger partial charge on any atom is 0.241 e. The Bertz CT molecular complexity index is 263. The van der Waals surface area contributed by atoms with Crippen molar-refractivity contribution in [2.75, 3.05) is 46.8 Å². The van der Waals surface area contributed by atoms with E-state index in [1.54, 1.807) is 0 Å². The van der Waals surface area contributed by atoms with Gasteiger partial charge in [0.1, 0.15) is 0 Å². The van der Waals surface area contributed by atoms with Crippen molar-refractivity contribution in [3.05, 3.63) is 0 Å². The highest BCUT2D eigenvalue weighted by molar-refractivity contribution is 5.82. The van der Waals surface area contributed by atoms with Crippen LogP contribution >= 0.6 is 0 Å². The van der Waals surface area contributed by atoms with E-state index in [1.165, 1.54) is 0 Å². The van der Waals surface area contributed by atoms with E-state index >= 15 is 0 Å². The second-order valence-corrected chi connectivity index (χ2v) is 5.30. The molecule has 0 radical (unpaired) electrons. The van der Waals surface area contributed by atoms with Crippen molar-refractivity contribution in [1.82, 2.24) is 20.4 Å². The number of rotatable bonds is 3. The van der Waals surface area contributed by atoms with Gasteiger partial charge in [-0.3, -0.25) is 4.79 Å². The van der Waals surface area contributed by atoms with Crippen molar-refractivity contribution < 1.29 is 4.79 Å². The lowest BCUT2D eigenvalue weighted by Gasteiger charge is -2.32. The van der Waals surface area contributed by atoms with Crippen LogP contribution in [0, 0.1) is 0 Å². The molecular formula is C12H24N4O. The van der Waals surface area contributed by atoms with Crippen LogP contribution in [0.15, 0.2) is 0 Å². The van der Waals surface area contributed by atoms with Crippen molar-refractivity contribution >= 4 is 5.91 Å². The first kappa shape index (κ1) is 12.8. The lowest BCUT2D eigenvalue weighted by molar-refractivity contribution is -0.134. The number of piperazine rings is 1. The Balaban J connectivity index is 1.92. The van der Waals surface area contributed by atoms with Crippen LogP contribution < -0.4 is 10.6 Å². The van der Waals surface area contributed by atoms with E-state index in [-0.39, 0.29) is 11.9 Å². The SMILES string of the molecule is CN(C)CC1CCCN1C(=O)C1CNCCN1. The molecule has 2 heterocycles. The maximum absolute atomic E-state index is 12.4. The first-order chi connectivity index (χ1) is 8.18.